The van der Waals surface area contributed by atoms with Gasteiger partial charge < -0.3 is 10.2 Å². The molecule has 0 spiro atoms. The van der Waals surface area contributed by atoms with E-state index in [0.717, 1.165) is 31.9 Å². The van der Waals surface area contributed by atoms with Crippen LogP contribution in [0.4, 0.5) is 0 Å². The Balaban J connectivity index is 3.47. The van der Waals surface area contributed by atoms with Gasteiger partial charge in [-0.2, -0.15) is 0 Å². The molecule has 14 heavy (non-hydrogen) atoms. The Bertz CT molecular complexity index is 160. The van der Waals surface area contributed by atoms with Crippen LogP contribution in [0.3, 0.4) is 0 Å². The molecule has 0 aliphatic rings. The number of nitrogens with one attached hydrogen (secondary N) is 1. The summed E-state index contributed by atoms with van der Waals surface area (Å²) in [6, 6.07) is 0.358. The molecule has 0 saturated carbocycles. The molecule has 2 atom stereocenters. The van der Waals surface area contributed by atoms with Crippen LogP contribution < -0.4 is 5.32 Å². The van der Waals surface area contributed by atoms with Crippen LogP contribution in [0.1, 0.15) is 20.8 Å². The summed E-state index contributed by atoms with van der Waals surface area (Å²) in [5, 5.41) is 3.38. The lowest BCUT2D eigenvalue weighted by atomic mass is 10.4. The van der Waals surface area contributed by atoms with Crippen molar-refractivity contribution in [1.29, 1.82) is 0 Å². The second kappa shape index (κ2) is 8.38. The molecular weight excluding hydrogens is 196 g/mol. The van der Waals surface area contributed by atoms with Crippen LogP contribution in [0.2, 0.25) is 0 Å². The molecule has 0 aromatic heterocycles. The first kappa shape index (κ1) is 14.1. The van der Waals surface area contributed by atoms with Crippen molar-refractivity contribution in [2.45, 2.75) is 26.8 Å². The maximum absolute atomic E-state index is 10.9. The van der Waals surface area contributed by atoms with Gasteiger partial charge in [-0.25, -0.2) is 0 Å². The van der Waals surface area contributed by atoms with Gasteiger partial charge in [0.25, 0.3) is 0 Å². The number of likely N-dealkylation sites (N-methyl/N-ethyl adjacent to an activating group) is 1. The normalized spacial score (nSPS) is 15.8. The van der Waals surface area contributed by atoms with Gasteiger partial charge in [0.2, 0.25) is 0 Å². The molecule has 0 bridgehead atoms. The molecular formula is C10H24N2OS. The fourth-order valence-corrected chi connectivity index (χ4v) is 2.24. The van der Waals surface area contributed by atoms with Crippen molar-refractivity contribution in [3.05, 3.63) is 0 Å². The van der Waals surface area contributed by atoms with Gasteiger partial charge in [0.15, 0.2) is 0 Å². The van der Waals surface area contributed by atoms with Crippen molar-refractivity contribution in [3.63, 3.8) is 0 Å². The zero-order valence-corrected chi connectivity index (χ0v) is 10.7. The van der Waals surface area contributed by atoms with E-state index in [2.05, 4.69) is 31.0 Å². The molecule has 0 aromatic carbocycles. The minimum absolute atomic E-state index is 0.358. The van der Waals surface area contributed by atoms with Crippen LogP contribution in [0, 0.1) is 0 Å². The summed E-state index contributed by atoms with van der Waals surface area (Å²) in [7, 11) is -0.690. The van der Waals surface area contributed by atoms with Gasteiger partial charge in [0.05, 0.1) is 0 Å². The van der Waals surface area contributed by atoms with E-state index in [1.54, 1.807) is 6.26 Å². The minimum atomic E-state index is -0.690. The van der Waals surface area contributed by atoms with Crippen LogP contribution in [-0.2, 0) is 10.8 Å². The van der Waals surface area contributed by atoms with Crippen LogP contribution >= 0.6 is 0 Å². The fourth-order valence-electron chi connectivity index (χ4n) is 1.42. The minimum Gasteiger partial charge on any atom is -0.312 e. The van der Waals surface area contributed by atoms with Crippen LogP contribution in [0.15, 0.2) is 0 Å². The van der Waals surface area contributed by atoms with E-state index < -0.39 is 10.8 Å². The average Bonchev–Trinajstić information content (AvgIpc) is 2.11. The topological polar surface area (TPSA) is 32.3 Å². The van der Waals surface area contributed by atoms with E-state index in [1.807, 2.05) is 0 Å². The van der Waals surface area contributed by atoms with Crippen molar-refractivity contribution >= 4 is 10.8 Å². The lowest BCUT2D eigenvalue weighted by Gasteiger charge is -2.19. The largest absolute Gasteiger partial charge is 0.312 e. The van der Waals surface area contributed by atoms with E-state index in [9.17, 15) is 4.21 Å². The van der Waals surface area contributed by atoms with Crippen LogP contribution in [0.5, 0.6) is 0 Å². The molecule has 1 N–H and O–H groups in total. The van der Waals surface area contributed by atoms with Gasteiger partial charge >= 0.3 is 0 Å². The molecule has 0 aromatic rings. The zero-order valence-electron chi connectivity index (χ0n) is 9.88. The SMILES string of the molecule is CCN(CC)CCNC(C)CS(C)=O. The van der Waals surface area contributed by atoms with Crippen molar-refractivity contribution in [2.24, 2.45) is 0 Å². The Kier molecular flexibility index (Phi) is 8.43. The smallest absolute Gasteiger partial charge is 0.0383 e. The lowest BCUT2D eigenvalue weighted by molar-refractivity contribution is 0.299. The molecule has 0 amide bonds. The predicted octanol–water partition coefficient (Wildman–Crippen LogP) is 0.685. The van der Waals surface area contributed by atoms with Gasteiger partial charge in [-0.3, -0.25) is 4.21 Å². The molecule has 0 saturated heterocycles. The Hall–Kier alpha value is 0.0700. The van der Waals surface area contributed by atoms with Gasteiger partial charge in [-0.15, -0.1) is 0 Å². The lowest BCUT2D eigenvalue weighted by Crippen LogP contribution is -2.38. The first-order valence-corrected chi connectivity index (χ1v) is 7.08. The highest BCUT2D eigenvalue weighted by Crippen LogP contribution is 1.88. The summed E-state index contributed by atoms with van der Waals surface area (Å²) in [6.45, 7) is 10.7. The number of hydrogen-bond acceptors (Lipinski definition) is 3. The summed E-state index contributed by atoms with van der Waals surface area (Å²) in [5.74, 6) is 0.748. The molecule has 4 heteroatoms. The third-order valence-electron chi connectivity index (χ3n) is 2.30. The van der Waals surface area contributed by atoms with E-state index in [4.69, 9.17) is 0 Å². The number of nitrogens with zero attached hydrogens (tertiary/aromatic N) is 1. The van der Waals surface area contributed by atoms with Gasteiger partial charge in [-0.1, -0.05) is 13.8 Å². The van der Waals surface area contributed by atoms with Gasteiger partial charge in [-0.05, 0) is 20.0 Å². The van der Waals surface area contributed by atoms with Crippen LogP contribution in [-0.4, -0.2) is 53.3 Å². The first-order chi connectivity index (χ1) is 6.60. The zero-order chi connectivity index (χ0) is 11.0. The fraction of sp³-hybridized carbons (Fsp3) is 1.00. The van der Waals surface area contributed by atoms with Gasteiger partial charge in [0.1, 0.15) is 0 Å². The number of rotatable bonds is 8. The summed E-state index contributed by atoms with van der Waals surface area (Å²) in [4.78, 5) is 2.38. The monoisotopic (exact) mass is 220 g/mol. The molecule has 0 rings (SSSR count). The molecule has 0 aliphatic carbocycles. The Morgan fingerprint density at radius 1 is 1.36 bits per heavy atom. The molecule has 86 valence electrons. The average molecular weight is 220 g/mol. The molecule has 3 nitrogen and oxygen atoms in total. The second-order valence-electron chi connectivity index (χ2n) is 3.62. The summed E-state index contributed by atoms with van der Waals surface area (Å²) >= 11 is 0. The number of hydrogen-bond donors (Lipinski definition) is 1. The summed E-state index contributed by atoms with van der Waals surface area (Å²) < 4.78 is 10.9. The van der Waals surface area contributed by atoms with Crippen molar-refractivity contribution < 1.29 is 4.21 Å². The predicted molar refractivity (Wildman–Crippen MR) is 64.2 cm³/mol. The summed E-state index contributed by atoms with van der Waals surface area (Å²) in [6.07, 6.45) is 1.75. The molecule has 0 fully saturated rings. The molecule has 0 aliphatic heterocycles. The third-order valence-corrected chi connectivity index (χ3v) is 3.27. The van der Waals surface area contributed by atoms with Gasteiger partial charge in [0, 0.05) is 41.9 Å². The Morgan fingerprint density at radius 3 is 2.36 bits per heavy atom. The Labute approximate surface area is 90.7 Å². The first-order valence-electron chi connectivity index (χ1n) is 5.35. The standard InChI is InChI=1S/C10H24N2OS/c1-5-12(6-2)8-7-11-10(3)9-14(4)13/h10-11H,5-9H2,1-4H3. The highest BCUT2D eigenvalue weighted by Gasteiger charge is 2.04. The van der Waals surface area contributed by atoms with E-state index >= 15 is 0 Å². The second-order valence-corrected chi connectivity index (χ2v) is 5.10. The maximum atomic E-state index is 10.9. The molecule has 0 radical (unpaired) electrons. The molecule has 0 heterocycles. The molecule has 2 unspecified atom stereocenters. The van der Waals surface area contributed by atoms with Crippen molar-refractivity contribution in [2.75, 3.05) is 38.2 Å². The third kappa shape index (κ3) is 7.47. The van der Waals surface area contributed by atoms with E-state index in [0.29, 0.717) is 6.04 Å². The highest BCUT2D eigenvalue weighted by molar-refractivity contribution is 7.84. The maximum Gasteiger partial charge on any atom is 0.0383 e. The van der Waals surface area contributed by atoms with E-state index in [-0.39, 0.29) is 0 Å². The highest BCUT2D eigenvalue weighted by atomic mass is 32.2. The van der Waals surface area contributed by atoms with Crippen molar-refractivity contribution in [3.8, 4) is 0 Å². The van der Waals surface area contributed by atoms with E-state index in [1.165, 1.54) is 0 Å². The quantitative estimate of drug-likeness (QED) is 0.653. The Morgan fingerprint density at radius 2 is 1.93 bits per heavy atom. The van der Waals surface area contributed by atoms with Crippen molar-refractivity contribution in [1.82, 2.24) is 10.2 Å². The van der Waals surface area contributed by atoms with Crippen LogP contribution in [0.25, 0.3) is 0 Å². The summed E-state index contributed by atoms with van der Waals surface area (Å²) in [5.41, 5.74) is 0.